The number of thiazole rings is 1. The predicted molar refractivity (Wildman–Crippen MR) is 130 cm³/mol. The van der Waals surface area contributed by atoms with Crippen molar-refractivity contribution in [1.82, 2.24) is 19.7 Å². The van der Waals surface area contributed by atoms with E-state index in [0.29, 0.717) is 12.2 Å². The Morgan fingerprint density at radius 3 is 2.62 bits per heavy atom. The van der Waals surface area contributed by atoms with Gasteiger partial charge in [-0.3, -0.25) is 19.3 Å². The molecule has 172 valence electrons. The first-order valence-corrected chi connectivity index (χ1v) is 12.2. The first-order chi connectivity index (χ1) is 15.3. The zero-order chi connectivity index (χ0) is 22.8. The van der Waals surface area contributed by atoms with Crippen molar-refractivity contribution in [3.05, 3.63) is 40.7 Å². The fraction of sp³-hybridized carbons (Fsp3) is 0.542. The van der Waals surface area contributed by atoms with Gasteiger partial charge in [-0.25, -0.2) is 4.98 Å². The van der Waals surface area contributed by atoms with Crippen molar-refractivity contribution >= 4 is 32.6 Å². The summed E-state index contributed by atoms with van der Waals surface area (Å²) < 4.78 is 8.50. The number of benzene rings is 1. The largest absolute Gasteiger partial charge is 0.379 e. The zero-order valence-electron chi connectivity index (χ0n) is 19.7. The van der Waals surface area contributed by atoms with E-state index in [1.807, 2.05) is 22.6 Å². The maximum absolute atomic E-state index is 13.6. The topological polar surface area (TPSA) is 63.5 Å². The standard InChI is InChI=1S/C24H33N5O2S/c1-16(2)29-19(5)15-21(26-29)23(30)28(8-6-7-27-9-11-31-12-10-27)24-25-20-14-17(3)13-18(4)22(20)32-24/h13-16H,6-12H2,1-5H3. The van der Waals surface area contributed by atoms with E-state index >= 15 is 0 Å². The molecule has 3 heterocycles. The van der Waals surface area contributed by atoms with E-state index < -0.39 is 0 Å². The van der Waals surface area contributed by atoms with Gasteiger partial charge in [0.25, 0.3) is 5.91 Å². The van der Waals surface area contributed by atoms with Gasteiger partial charge < -0.3 is 4.74 Å². The molecule has 1 aliphatic heterocycles. The molecule has 1 saturated heterocycles. The van der Waals surface area contributed by atoms with Gasteiger partial charge in [-0.1, -0.05) is 17.4 Å². The number of carbonyl (C=O) groups excluding carboxylic acids is 1. The van der Waals surface area contributed by atoms with Gasteiger partial charge in [0.05, 0.1) is 23.4 Å². The summed E-state index contributed by atoms with van der Waals surface area (Å²) in [6, 6.07) is 6.36. The van der Waals surface area contributed by atoms with Crippen LogP contribution in [0, 0.1) is 20.8 Å². The van der Waals surface area contributed by atoms with E-state index in [4.69, 9.17) is 9.72 Å². The first kappa shape index (κ1) is 22.9. The maximum atomic E-state index is 13.6. The van der Waals surface area contributed by atoms with Crippen LogP contribution in [0.3, 0.4) is 0 Å². The fourth-order valence-corrected chi connectivity index (χ4v) is 5.33. The van der Waals surface area contributed by atoms with Crippen LogP contribution in [-0.4, -0.2) is 65.0 Å². The van der Waals surface area contributed by atoms with Gasteiger partial charge in [0.2, 0.25) is 0 Å². The lowest BCUT2D eigenvalue weighted by molar-refractivity contribution is 0.0376. The Morgan fingerprint density at radius 1 is 1.19 bits per heavy atom. The molecule has 0 bridgehead atoms. The van der Waals surface area contributed by atoms with Crippen molar-refractivity contribution in [3.63, 3.8) is 0 Å². The second-order valence-corrected chi connectivity index (χ2v) is 9.88. The van der Waals surface area contributed by atoms with Crippen LogP contribution in [0.25, 0.3) is 10.2 Å². The van der Waals surface area contributed by atoms with Crippen molar-refractivity contribution in [3.8, 4) is 0 Å². The third-order valence-electron chi connectivity index (χ3n) is 5.88. The minimum atomic E-state index is -0.0806. The molecular weight excluding hydrogens is 422 g/mol. The van der Waals surface area contributed by atoms with Crippen LogP contribution >= 0.6 is 11.3 Å². The summed E-state index contributed by atoms with van der Waals surface area (Å²) in [5.41, 5.74) is 4.81. The van der Waals surface area contributed by atoms with Crippen LogP contribution < -0.4 is 4.90 Å². The quantitative estimate of drug-likeness (QED) is 0.529. The van der Waals surface area contributed by atoms with Crippen molar-refractivity contribution < 1.29 is 9.53 Å². The molecule has 0 spiro atoms. The minimum Gasteiger partial charge on any atom is -0.379 e. The molecule has 1 amide bonds. The maximum Gasteiger partial charge on any atom is 0.280 e. The van der Waals surface area contributed by atoms with Crippen molar-refractivity contribution in [2.75, 3.05) is 44.3 Å². The fourth-order valence-electron chi connectivity index (χ4n) is 4.29. The van der Waals surface area contributed by atoms with E-state index in [1.165, 1.54) is 11.1 Å². The van der Waals surface area contributed by atoms with Gasteiger partial charge in [-0.2, -0.15) is 5.10 Å². The van der Waals surface area contributed by atoms with E-state index in [-0.39, 0.29) is 11.9 Å². The van der Waals surface area contributed by atoms with Gasteiger partial charge in [0.15, 0.2) is 10.8 Å². The highest BCUT2D eigenvalue weighted by Gasteiger charge is 2.25. The molecular formula is C24H33N5O2S. The number of ether oxygens (including phenoxy) is 1. The second kappa shape index (κ2) is 9.68. The average Bonchev–Trinajstić information content (AvgIpc) is 3.35. The molecule has 0 radical (unpaired) electrons. The Labute approximate surface area is 194 Å². The monoisotopic (exact) mass is 455 g/mol. The number of rotatable bonds is 7. The molecule has 1 aromatic carbocycles. The molecule has 1 aliphatic rings. The summed E-state index contributed by atoms with van der Waals surface area (Å²) in [5.74, 6) is -0.0806. The number of morpholine rings is 1. The molecule has 0 unspecified atom stereocenters. The molecule has 2 aromatic heterocycles. The second-order valence-electron chi connectivity index (χ2n) is 8.90. The van der Waals surface area contributed by atoms with E-state index in [1.54, 1.807) is 11.3 Å². The normalized spacial score (nSPS) is 15.1. The molecule has 0 atom stereocenters. The van der Waals surface area contributed by atoms with Crippen molar-refractivity contribution in [2.45, 2.75) is 47.1 Å². The Hall–Kier alpha value is -2.29. The van der Waals surface area contributed by atoms with Crippen molar-refractivity contribution in [2.24, 2.45) is 0 Å². The zero-order valence-corrected chi connectivity index (χ0v) is 20.5. The molecule has 4 rings (SSSR count). The lowest BCUT2D eigenvalue weighted by Gasteiger charge is -2.27. The summed E-state index contributed by atoms with van der Waals surface area (Å²) in [6.45, 7) is 15.4. The lowest BCUT2D eigenvalue weighted by atomic mass is 10.1. The van der Waals surface area contributed by atoms with Gasteiger partial charge in [0.1, 0.15) is 0 Å². The third-order valence-corrected chi connectivity index (χ3v) is 7.10. The van der Waals surface area contributed by atoms with E-state index in [9.17, 15) is 4.79 Å². The van der Waals surface area contributed by atoms with Crippen molar-refractivity contribution in [1.29, 1.82) is 0 Å². The molecule has 0 saturated carbocycles. The summed E-state index contributed by atoms with van der Waals surface area (Å²) in [6.07, 6.45) is 0.879. The van der Waals surface area contributed by atoms with Crippen LogP contribution in [0.4, 0.5) is 5.13 Å². The molecule has 8 heteroatoms. The molecule has 1 fully saturated rings. The van der Waals surface area contributed by atoms with Crippen LogP contribution in [0.2, 0.25) is 0 Å². The predicted octanol–water partition coefficient (Wildman–Crippen LogP) is 4.37. The number of hydrogen-bond acceptors (Lipinski definition) is 6. The highest BCUT2D eigenvalue weighted by Crippen LogP contribution is 2.33. The summed E-state index contributed by atoms with van der Waals surface area (Å²) in [5, 5.41) is 5.36. The highest BCUT2D eigenvalue weighted by atomic mass is 32.1. The number of fused-ring (bicyclic) bond motifs is 1. The Morgan fingerprint density at radius 2 is 1.94 bits per heavy atom. The van der Waals surface area contributed by atoms with Gasteiger partial charge in [-0.05, 0) is 64.3 Å². The molecule has 0 N–H and O–H groups in total. The smallest absolute Gasteiger partial charge is 0.280 e. The van der Waals surface area contributed by atoms with Gasteiger partial charge in [-0.15, -0.1) is 0 Å². The molecule has 0 aliphatic carbocycles. The summed E-state index contributed by atoms with van der Waals surface area (Å²) in [4.78, 5) is 22.7. The van der Waals surface area contributed by atoms with E-state index in [2.05, 4.69) is 49.8 Å². The summed E-state index contributed by atoms with van der Waals surface area (Å²) in [7, 11) is 0. The SMILES string of the molecule is Cc1cc(C)c2sc(N(CCCN3CCOCC3)C(=O)c3cc(C)n(C(C)C)n3)nc2c1. The van der Waals surface area contributed by atoms with E-state index in [0.717, 1.165) is 60.3 Å². The molecule has 7 nitrogen and oxygen atoms in total. The van der Waals surface area contributed by atoms with Crippen LogP contribution in [0.15, 0.2) is 18.2 Å². The number of anilines is 1. The minimum absolute atomic E-state index is 0.0806. The Balaban J connectivity index is 1.62. The summed E-state index contributed by atoms with van der Waals surface area (Å²) >= 11 is 1.59. The Bertz CT molecular complexity index is 1100. The average molecular weight is 456 g/mol. The lowest BCUT2D eigenvalue weighted by Crippen LogP contribution is -2.39. The Kier molecular flexibility index (Phi) is 6.93. The number of aromatic nitrogens is 3. The number of aryl methyl sites for hydroxylation is 3. The third kappa shape index (κ3) is 4.87. The van der Waals surface area contributed by atoms with Crippen LogP contribution in [0.1, 0.15) is 53.6 Å². The number of amides is 1. The molecule has 3 aromatic rings. The van der Waals surface area contributed by atoms with Crippen LogP contribution in [0.5, 0.6) is 0 Å². The highest BCUT2D eigenvalue weighted by molar-refractivity contribution is 7.22. The number of hydrogen-bond donors (Lipinski definition) is 0. The van der Waals surface area contributed by atoms with Gasteiger partial charge in [0, 0.05) is 37.9 Å². The first-order valence-electron chi connectivity index (χ1n) is 11.4. The number of carbonyl (C=O) groups is 1. The molecule has 32 heavy (non-hydrogen) atoms. The number of nitrogens with zero attached hydrogens (tertiary/aromatic N) is 5. The van der Waals surface area contributed by atoms with Crippen LogP contribution in [-0.2, 0) is 4.74 Å². The van der Waals surface area contributed by atoms with Gasteiger partial charge >= 0.3 is 0 Å².